The number of nitrogens with one attached hydrogen (secondary N) is 1. The summed E-state index contributed by atoms with van der Waals surface area (Å²) in [5.74, 6) is 1.22. The lowest BCUT2D eigenvalue weighted by molar-refractivity contribution is -0.113. The van der Waals surface area contributed by atoms with Crippen molar-refractivity contribution in [3.8, 4) is 6.07 Å². The number of fused-ring (bicyclic) bond motifs is 1. The van der Waals surface area contributed by atoms with E-state index < -0.39 is 0 Å². The maximum Gasteiger partial charge on any atom is 0.234 e. The second-order valence-corrected chi connectivity index (χ2v) is 6.33. The van der Waals surface area contributed by atoms with Crippen molar-refractivity contribution in [3.63, 3.8) is 0 Å². The van der Waals surface area contributed by atoms with Crippen molar-refractivity contribution < 1.29 is 4.79 Å². The molecule has 0 radical (unpaired) electrons. The maximum atomic E-state index is 12.0. The maximum absolute atomic E-state index is 12.0. The Morgan fingerprint density at radius 3 is 2.87 bits per heavy atom. The van der Waals surface area contributed by atoms with Gasteiger partial charge in [0.1, 0.15) is 5.82 Å². The van der Waals surface area contributed by atoms with E-state index in [1.165, 1.54) is 18.2 Å². The zero-order chi connectivity index (χ0) is 16.1. The van der Waals surface area contributed by atoms with Crippen LogP contribution in [0, 0.1) is 11.3 Å². The van der Waals surface area contributed by atoms with Gasteiger partial charge >= 0.3 is 0 Å². The number of aryl methyl sites for hydroxylation is 1. The van der Waals surface area contributed by atoms with Crippen LogP contribution in [0.15, 0.2) is 29.4 Å². The molecule has 118 valence electrons. The lowest BCUT2D eigenvalue weighted by Gasteiger charge is -2.07. The van der Waals surface area contributed by atoms with Crippen LogP contribution in [-0.4, -0.2) is 26.4 Å². The Hall–Kier alpha value is -2.33. The van der Waals surface area contributed by atoms with Gasteiger partial charge in [-0.2, -0.15) is 5.26 Å². The van der Waals surface area contributed by atoms with Crippen molar-refractivity contribution in [2.45, 2.75) is 37.4 Å². The van der Waals surface area contributed by atoms with Crippen LogP contribution in [-0.2, 0) is 17.8 Å². The highest BCUT2D eigenvalue weighted by Gasteiger charge is 2.16. The molecule has 0 saturated carbocycles. The Labute approximate surface area is 138 Å². The Balaban J connectivity index is 1.56. The number of amides is 1. The fourth-order valence-electron chi connectivity index (χ4n) is 2.52. The minimum absolute atomic E-state index is 0.0920. The Morgan fingerprint density at radius 1 is 1.26 bits per heavy atom. The van der Waals surface area contributed by atoms with Crippen LogP contribution in [0.2, 0.25) is 0 Å². The molecule has 1 aliphatic heterocycles. The van der Waals surface area contributed by atoms with Crippen LogP contribution >= 0.6 is 11.8 Å². The van der Waals surface area contributed by atoms with Gasteiger partial charge in [-0.25, -0.2) is 0 Å². The average molecular weight is 327 g/mol. The smallest absolute Gasteiger partial charge is 0.234 e. The highest BCUT2D eigenvalue weighted by Crippen LogP contribution is 2.22. The van der Waals surface area contributed by atoms with Gasteiger partial charge in [0, 0.05) is 18.7 Å². The topological polar surface area (TPSA) is 83.6 Å². The molecule has 6 nitrogen and oxygen atoms in total. The van der Waals surface area contributed by atoms with Gasteiger partial charge in [0.05, 0.1) is 17.4 Å². The van der Waals surface area contributed by atoms with Crippen LogP contribution < -0.4 is 5.32 Å². The summed E-state index contributed by atoms with van der Waals surface area (Å²) in [5.41, 5.74) is 1.26. The molecule has 0 aliphatic carbocycles. The van der Waals surface area contributed by atoms with E-state index in [2.05, 4.69) is 26.2 Å². The molecule has 1 aromatic carbocycles. The van der Waals surface area contributed by atoms with Crippen molar-refractivity contribution in [2.75, 3.05) is 11.1 Å². The normalized spacial score (nSPS) is 13.7. The molecule has 1 aromatic heterocycles. The second-order valence-electron chi connectivity index (χ2n) is 5.39. The van der Waals surface area contributed by atoms with E-state index in [-0.39, 0.29) is 11.7 Å². The Bertz CT molecular complexity index is 732. The molecule has 0 bridgehead atoms. The molecule has 0 unspecified atom stereocenters. The molecule has 7 heteroatoms. The first kappa shape index (κ1) is 15.6. The van der Waals surface area contributed by atoms with Crippen LogP contribution in [0.4, 0.5) is 5.69 Å². The van der Waals surface area contributed by atoms with Gasteiger partial charge in [-0.1, -0.05) is 18.2 Å². The molecule has 1 N–H and O–H groups in total. The molecular formula is C16H17N5OS. The van der Waals surface area contributed by atoms with Gasteiger partial charge in [0.15, 0.2) is 5.16 Å². The number of hydrogen-bond donors (Lipinski definition) is 1. The van der Waals surface area contributed by atoms with E-state index in [4.69, 9.17) is 5.26 Å². The Kier molecular flexibility index (Phi) is 4.93. The lowest BCUT2D eigenvalue weighted by atomic mass is 10.2. The highest BCUT2D eigenvalue weighted by atomic mass is 32.2. The van der Waals surface area contributed by atoms with E-state index >= 15 is 0 Å². The molecular weight excluding hydrogens is 310 g/mol. The lowest BCUT2D eigenvalue weighted by Crippen LogP contribution is -2.14. The summed E-state index contributed by atoms with van der Waals surface area (Å²) in [6.07, 6.45) is 4.47. The molecule has 0 atom stereocenters. The third kappa shape index (κ3) is 3.90. The number of benzene rings is 1. The Morgan fingerprint density at radius 2 is 2.09 bits per heavy atom. The number of rotatable bonds is 4. The van der Waals surface area contributed by atoms with E-state index in [1.807, 2.05) is 0 Å². The fraction of sp³-hybridized carbons (Fsp3) is 0.375. The minimum Gasteiger partial charge on any atom is -0.325 e. The molecule has 2 aromatic rings. The molecule has 0 saturated heterocycles. The largest absolute Gasteiger partial charge is 0.325 e. The van der Waals surface area contributed by atoms with E-state index in [0.717, 1.165) is 36.8 Å². The zero-order valence-electron chi connectivity index (χ0n) is 12.7. The number of nitriles is 1. The quantitative estimate of drug-likeness (QED) is 0.873. The van der Waals surface area contributed by atoms with Crippen LogP contribution in [0.1, 0.15) is 30.7 Å². The number of nitrogens with zero attached hydrogens (tertiary/aromatic N) is 4. The third-order valence-corrected chi connectivity index (χ3v) is 4.67. The second kappa shape index (κ2) is 7.29. The summed E-state index contributed by atoms with van der Waals surface area (Å²) < 4.78 is 2.13. The monoisotopic (exact) mass is 327 g/mol. The fourth-order valence-corrected chi connectivity index (χ4v) is 3.30. The first-order valence-corrected chi connectivity index (χ1v) is 8.60. The molecule has 3 rings (SSSR count). The van der Waals surface area contributed by atoms with E-state index in [0.29, 0.717) is 11.3 Å². The number of aromatic nitrogens is 3. The molecule has 23 heavy (non-hydrogen) atoms. The average Bonchev–Trinajstić information content (AvgIpc) is 2.80. The van der Waals surface area contributed by atoms with Gasteiger partial charge in [0.2, 0.25) is 5.91 Å². The number of carbonyl (C=O) groups is 1. The summed E-state index contributed by atoms with van der Waals surface area (Å²) in [4.78, 5) is 12.0. The van der Waals surface area contributed by atoms with E-state index in [9.17, 15) is 4.79 Å². The summed E-state index contributed by atoms with van der Waals surface area (Å²) in [5, 5.41) is 20.8. The number of carbonyl (C=O) groups excluding carboxylic acids is 1. The first-order valence-electron chi connectivity index (χ1n) is 7.61. The molecule has 2 heterocycles. The number of thioether (sulfide) groups is 1. The van der Waals surface area contributed by atoms with Crippen LogP contribution in [0.25, 0.3) is 0 Å². The minimum atomic E-state index is -0.0920. The van der Waals surface area contributed by atoms with Crippen molar-refractivity contribution in [2.24, 2.45) is 0 Å². The molecule has 0 fully saturated rings. The predicted octanol–water partition coefficient (Wildman–Crippen LogP) is 2.61. The highest BCUT2D eigenvalue weighted by molar-refractivity contribution is 7.99. The first-order chi connectivity index (χ1) is 11.3. The van der Waals surface area contributed by atoms with Crippen molar-refractivity contribution >= 4 is 23.4 Å². The van der Waals surface area contributed by atoms with Crippen molar-refractivity contribution in [3.05, 3.63) is 35.7 Å². The number of hydrogen-bond acceptors (Lipinski definition) is 5. The van der Waals surface area contributed by atoms with Gasteiger partial charge in [-0.3, -0.25) is 4.79 Å². The van der Waals surface area contributed by atoms with Gasteiger partial charge in [-0.05, 0) is 37.1 Å². The molecule has 0 spiro atoms. The van der Waals surface area contributed by atoms with Gasteiger partial charge in [0.25, 0.3) is 0 Å². The summed E-state index contributed by atoms with van der Waals surface area (Å²) >= 11 is 1.41. The summed E-state index contributed by atoms with van der Waals surface area (Å²) in [6, 6.07) is 8.87. The SMILES string of the molecule is N#Cc1ccc(NC(=O)CSc2nnc3n2CCCCC3)cc1. The molecule has 1 amide bonds. The third-order valence-electron chi connectivity index (χ3n) is 3.71. The predicted molar refractivity (Wildman–Crippen MR) is 88.1 cm³/mol. The summed E-state index contributed by atoms with van der Waals surface area (Å²) in [7, 11) is 0. The van der Waals surface area contributed by atoms with E-state index in [1.54, 1.807) is 24.3 Å². The van der Waals surface area contributed by atoms with Crippen molar-refractivity contribution in [1.82, 2.24) is 14.8 Å². The molecule has 1 aliphatic rings. The standard InChI is InChI=1S/C16H17N5OS/c17-10-12-5-7-13(8-6-12)18-15(22)11-23-16-20-19-14-4-2-1-3-9-21(14)16/h5-8H,1-4,9,11H2,(H,18,22). The van der Waals surface area contributed by atoms with Crippen LogP contribution in [0.3, 0.4) is 0 Å². The van der Waals surface area contributed by atoms with Crippen LogP contribution in [0.5, 0.6) is 0 Å². The van der Waals surface area contributed by atoms with Crippen molar-refractivity contribution in [1.29, 1.82) is 5.26 Å². The van der Waals surface area contributed by atoms with Gasteiger partial charge in [-0.15, -0.1) is 10.2 Å². The summed E-state index contributed by atoms with van der Waals surface area (Å²) in [6.45, 7) is 0.932. The number of anilines is 1. The zero-order valence-corrected chi connectivity index (χ0v) is 13.5. The van der Waals surface area contributed by atoms with Gasteiger partial charge < -0.3 is 9.88 Å².